The minimum absolute atomic E-state index is 0.112. The lowest BCUT2D eigenvalue weighted by Crippen LogP contribution is -2.39. The monoisotopic (exact) mass is 528 g/mol. The van der Waals surface area contributed by atoms with Gasteiger partial charge in [0.15, 0.2) is 0 Å². The molecule has 0 radical (unpaired) electrons. The maximum Gasteiger partial charge on any atom is 0.433 e. The van der Waals surface area contributed by atoms with E-state index in [1.165, 1.54) is 11.0 Å². The number of rotatable bonds is 8. The van der Waals surface area contributed by atoms with Gasteiger partial charge >= 0.3 is 6.18 Å². The molecule has 0 fully saturated rings. The number of ether oxygens (including phenoxy) is 1. The number of nitrogens with zero attached hydrogens (tertiary/aromatic N) is 3. The zero-order chi connectivity index (χ0) is 27.4. The first-order chi connectivity index (χ1) is 18.1. The van der Waals surface area contributed by atoms with Crippen LogP contribution in [0.1, 0.15) is 45.9 Å². The standard InChI is InChI=1S/C27H27F3N4O4/c1-16-3-4-20(33-26(37)18-5-7-31-23(12-18)27(28,29)30)14-21(16)19-11-22-17(6-10-38-2)13-24(36)34(8-9-35)25(22)32-15-19/h3-5,7,11-12,14-15,17,35H,6,8-10,13H2,1-2H3,(H,33,37). The largest absolute Gasteiger partial charge is 0.433 e. The highest BCUT2D eigenvalue weighted by Crippen LogP contribution is 2.39. The van der Waals surface area contributed by atoms with Gasteiger partial charge < -0.3 is 15.2 Å². The lowest BCUT2D eigenvalue weighted by atomic mass is 9.87. The Morgan fingerprint density at radius 2 is 2.00 bits per heavy atom. The highest BCUT2D eigenvalue weighted by Gasteiger charge is 2.34. The van der Waals surface area contributed by atoms with Crippen LogP contribution in [-0.2, 0) is 15.7 Å². The van der Waals surface area contributed by atoms with Gasteiger partial charge in [-0.25, -0.2) is 4.98 Å². The van der Waals surface area contributed by atoms with E-state index in [1.807, 2.05) is 13.0 Å². The molecular formula is C27H27F3N4O4. The van der Waals surface area contributed by atoms with Crippen molar-refractivity contribution in [1.82, 2.24) is 9.97 Å². The lowest BCUT2D eigenvalue weighted by molar-refractivity contribution is -0.141. The number of aliphatic hydroxyl groups excluding tert-OH is 1. The quantitative estimate of drug-likeness (QED) is 0.444. The second-order valence-corrected chi connectivity index (χ2v) is 9.00. The van der Waals surface area contributed by atoms with Crippen LogP contribution in [0.15, 0.2) is 48.8 Å². The first-order valence-electron chi connectivity index (χ1n) is 12.0. The maximum absolute atomic E-state index is 13.0. The van der Waals surface area contributed by atoms with Gasteiger partial charge in [-0.05, 0) is 66.3 Å². The van der Waals surface area contributed by atoms with Gasteiger partial charge in [0.05, 0.1) is 13.2 Å². The van der Waals surface area contributed by atoms with Crippen LogP contribution in [0, 0.1) is 6.92 Å². The van der Waals surface area contributed by atoms with Crippen LogP contribution in [0.2, 0.25) is 0 Å². The highest BCUT2D eigenvalue weighted by molar-refractivity contribution is 6.04. The molecule has 1 unspecified atom stereocenters. The number of hydrogen-bond donors (Lipinski definition) is 2. The Bertz CT molecular complexity index is 1350. The fourth-order valence-corrected chi connectivity index (χ4v) is 4.49. The van der Waals surface area contributed by atoms with Crippen LogP contribution in [-0.4, -0.2) is 53.8 Å². The summed E-state index contributed by atoms with van der Waals surface area (Å²) in [5.74, 6) is -0.425. The number of anilines is 2. The summed E-state index contributed by atoms with van der Waals surface area (Å²) in [6.07, 6.45) is -1.20. The molecule has 1 aliphatic heterocycles. The van der Waals surface area contributed by atoms with Gasteiger partial charge in [-0.3, -0.25) is 19.5 Å². The molecule has 1 atom stereocenters. The first-order valence-corrected chi connectivity index (χ1v) is 12.0. The van der Waals surface area contributed by atoms with Crippen molar-refractivity contribution >= 4 is 23.3 Å². The van der Waals surface area contributed by atoms with Crippen molar-refractivity contribution in [2.24, 2.45) is 0 Å². The smallest absolute Gasteiger partial charge is 0.395 e. The molecule has 0 saturated carbocycles. The number of halogens is 3. The molecule has 8 nitrogen and oxygen atoms in total. The molecule has 3 aromatic rings. The number of benzene rings is 1. The summed E-state index contributed by atoms with van der Waals surface area (Å²) in [6, 6.07) is 9.06. The summed E-state index contributed by atoms with van der Waals surface area (Å²) < 4.78 is 44.2. The topological polar surface area (TPSA) is 105 Å². The Labute approximate surface area is 217 Å². The number of carbonyl (C=O) groups is 2. The second kappa shape index (κ2) is 11.3. The number of nitrogens with one attached hydrogen (secondary N) is 1. The fraction of sp³-hybridized carbons (Fsp3) is 0.333. The average molecular weight is 529 g/mol. The number of fused-ring (bicyclic) bond motifs is 1. The van der Waals surface area contributed by atoms with Gasteiger partial charge in [-0.1, -0.05) is 6.07 Å². The summed E-state index contributed by atoms with van der Waals surface area (Å²) >= 11 is 0. The molecular weight excluding hydrogens is 501 g/mol. The summed E-state index contributed by atoms with van der Waals surface area (Å²) in [5.41, 5.74) is 2.34. The van der Waals surface area contributed by atoms with E-state index >= 15 is 0 Å². The molecule has 0 spiro atoms. The van der Waals surface area contributed by atoms with Crippen molar-refractivity contribution in [3.63, 3.8) is 0 Å². The van der Waals surface area contributed by atoms with Crippen LogP contribution < -0.4 is 10.2 Å². The third kappa shape index (κ3) is 5.84. The van der Waals surface area contributed by atoms with Crippen LogP contribution >= 0.6 is 0 Å². The summed E-state index contributed by atoms with van der Waals surface area (Å²) in [4.78, 5) is 34.7. The number of pyridine rings is 2. The van der Waals surface area contributed by atoms with Gasteiger partial charge in [-0.15, -0.1) is 0 Å². The van der Waals surface area contributed by atoms with Crippen molar-refractivity contribution < 1.29 is 32.6 Å². The van der Waals surface area contributed by atoms with Crippen molar-refractivity contribution in [3.05, 3.63) is 71.2 Å². The Morgan fingerprint density at radius 3 is 2.71 bits per heavy atom. The van der Waals surface area contributed by atoms with Gasteiger partial charge in [0, 0.05) is 49.3 Å². The number of alkyl halides is 3. The molecule has 3 heterocycles. The summed E-state index contributed by atoms with van der Waals surface area (Å²) in [5, 5.41) is 12.1. The summed E-state index contributed by atoms with van der Waals surface area (Å²) in [6.45, 7) is 2.30. The van der Waals surface area contributed by atoms with E-state index in [0.29, 0.717) is 30.6 Å². The van der Waals surface area contributed by atoms with E-state index in [2.05, 4.69) is 15.3 Å². The Balaban J connectivity index is 1.66. The minimum atomic E-state index is -4.66. The lowest BCUT2D eigenvalue weighted by Gasteiger charge is -2.33. The van der Waals surface area contributed by atoms with Crippen molar-refractivity contribution in [3.8, 4) is 11.1 Å². The Hall–Kier alpha value is -3.83. The van der Waals surface area contributed by atoms with E-state index in [-0.39, 0.29) is 37.0 Å². The number of aliphatic hydroxyl groups is 1. The second-order valence-electron chi connectivity index (χ2n) is 9.00. The molecule has 2 N–H and O–H groups in total. The van der Waals surface area contributed by atoms with Gasteiger partial charge in [0.25, 0.3) is 5.91 Å². The van der Waals surface area contributed by atoms with Gasteiger partial charge in [0.1, 0.15) is 11.5 Å². The molecule has 0 bridgehead atoms. The third-order valence-corrected chi connectivity index (χ3v) is 6.43. The van der Waals surface area contributed by atoms with Crippen molar-refractivity contribution in [2.45, 2.75) is 31.9 Å². The molecule has 200 valence electrons. The number of carbonyl (C=O) groups excluding carboxylic acids is 2. The molecule has 1 aromatic carbocycles. The van der Waals surface area contributed by atoms with Crippen molar-refractivity contribution in [1.29, 1.82) is 0 Å². The molecule has 2 amide bonds. The van der Waals surface area contributed by atoms with E-state index < -0.39 is 17.8 Å². The highest BCUT2D eigenvalue weighted by atomic mass is 19.4. The zero-order valence-electron chi connectivity index (χ0n) is 20.9. The number of aryl methyl sites for hydroxylation is 1. The molecule has 2 aromatic heterocycles. The minimum Gasteiger partial charge on any atom is -0.395 e. The van der Waals surface area contributed by atoms with Crippen LogP contribution in [0.25, 0.3) is 11.1 Å². The average Bonchev–Trinajstić information content (AvgIpc) is 2.89. The molecule has 1 aliphatic rings. The molecule has 0 saturated heterocycles. The van der Waals surface area contributed by atoms with Crippen LogP contribution in [0.5, 0.6) is 0 Å². The van der Waals surface area contributed by atoms with Gasteiger partial charge in [0.2, 0.25) is 5.91 Å². The van der Waals surface area contributed by atoms with Crippen molar-refractivity contribution in [2.75, 3.05) is 37.1 Å². The SMILES string of the molecule is COCCC1CC(=O)N(CCO)c2ncc(-c3cc(NC(=O)c4ccnc(C(F)(F)F)c4)ccc3C)cc21. The predicted molar refractivity (Wildman–Crippen MR) is 135 cm³/mol. The third-order valence-electron chi connectivity index (χ3n) is 6.43. The molecule has 4 rings (SSSR count). The van der Waals surface area contributed by atoms with Crippen LogP contribution in [0.3, 0.4) is 0 Å². The van der Waals surface area contributed by atoms with E-state index in [1.54, 1.807) is 31.5 Å². The number of hydrogen-bond acceptors (Lipinski definition) is 6. The van der Waals surface area contributed by atoms with E-state index in [9.17, 15) is 27.9 Å². The maximum atomic E-state index is 13.0. The molecule has 38 heavy (non-hydrogen) atoms. The van der Waals surface area contributed by atoms with Crippen LogP contribution in [0.4, 0.5) is 24.7 Å². The van der Waals surface area contributed by atoms with E-state index in [0.717, 1.165) is 28.5 Å². The van der Waals surface area contributed by atoms with Gasteiger partial charge in [-0.2, -0.15) is 13.2 Å². The Morgan fingerprint density at radius 1 is 1.21 bits per heavy atom. The summed E-state index contributed by atoms with van der Waals surface area (Å²) in [7, 11) is 1.59. The fourth-order valence-electron chi connectivity index (χ4n) is 4.49. The number of β-amino-alcohol motifs (C(OH)–C–C–N with tert-alkyl or cyclic N) is 1. The number of amides is 2. The first kappa shape index (κ1) is 27.2. The Kier molecular flexibility index (Phi) is 8.08. The normalized spacial score (nSPS) is 15.4. The predicted octanol–water partition coefficient (Wildman–Crippen LogP) is 4.57. The zero-order valence-corrected chi connectivity index (χ0v) is 20.9. The molecule has 0 aliphatic carbocycles. The number of aromatic nitrogens is 2. The molecule has 11 heteroatoms. The van der Waals surface area contributed by atoms with E-state index in [4.69, 9.17) is 4.74 Å². The number of methoxy groups -OCH3 is 1.